The summed E-state index contributed by atoms with van der Waals surface area (Å²) in [6.45, 7) is 0.380. The number of pyridine rings is 1. The quantitative estimate of drug-likeness (QED) is 0.148. The molecule has 0 atom stereocenters. The molecule has 1 aliphatic rings. The van der Waals surface area contributed by atoms with Crippen molar-refractivity contribution in [2.45, 2.75) is 18.5 Å². The van der Waals surface area contributed by atoms with E-state index in [2.05, 4.69) is 20.3 Å². The Morgan fingerprint density at radius 2 is 1.34 bits per heavy atom. The van der Waals surface area contributed by atoms with Gasteiger partial charge in [-0.1, -0.05) is 12.1 Å². The molecular formula is C29H20F12N6O3. The van der Waals surface area contributed by atoms with Crippen LogP contribution in [-0.4, -0.2) is 64.3 Å². The number of hydrogen-bond donors (Lipinski definition) is 3. The summed E-state index contributed by atoms with van der Waals surface area (Å²) < 4.78 is 152. The Labute approximate surface area is 272 Å². The van der Waals surface area contributed by atoms with Crippen LogP contribution < -0.4 is 15.1 Å². The van der Waals surface area contributed by atoms with E-state index in [4.69, 9.17) is 9.90 Å². The molecule has 0 bridgehead atoms. The van der Waals surface area contributed by atoms with Crippen LogP contribution in [0.25, 0.3) is 11.3 Å². The third kappa shape index (κ3) is 8.74. The van der Waals surface area contributed by atoms with Crippen molar-refractivity contribution in [3.8, 4) is 11.3 Å². The number of benzene rings is 2. The van der Waals surface area contributed by atoms with E-state index in [-0.39, 0.29) is 54.9 Å². The van der Waals surface area contributed by atoms with Gasteiger partial charge in [0.1, 0.15) is 5.82 Å². The van der Waals surface area contributed by atoms with Gasteiger partial charge in [-0.2, -0.15) is 39.5 Å². The fraction of sp³-hybridized carbons (Fsp3) is 0.241. The second kappa shape index (κ2) is 14.2. The van der Waals surface area contributed by atoms with Gasteiger partial charge in [-0.15, -0.1) is 0 Å². The molecule has 0 spiro atoms. The van der Waals surface area contributed by atoms with Crippen LogP contribution >= 0.6 is 0 Å². The molecule has 1 aliphatic heterocycles. The lowest BCUT2D eigenvalue weighted by Crippen LogP contribution is -2.47. The van der Waals surface area contributed by atoms with Crippen LogP contribution in [0.5, 0.6) is 0 Å². The molecule has 3 heterocycles. The van der Waals surface area contributed by atoms with Crippen molar-refractivity contribution in [1.82, 2.24) is 15.0 Å². The molecule has 1 fully saturated rings. The van der Waals surface area contributed by atoms with E-state index in [0.717, 1.165) is 30.3 Å². The molecule has 4 aromatic rings. The van der Waals surface area contributed by atoms with Crippen molar-refractivity contribution in [2.75, 3.05) is 41.3 Å². The Bertz CT molecular complexity index is 1830. The molecule has 0 aliphatic carbocycles. The topological polar surface area (TPSA) is 114 Å². The number of carbonyl (C=O) groups is 2. The van der Waals surface area contributed by atoms with Crippen LogP contribution in [0.3, 0.4) is 0 Å². The van der Waals surface area contributed by atoms with Gasteiger partial charge in [-0.25, -0.2) is 27.9 Å². The first-order chi connectivity index (χ1) is 23.2. The van der Waals surface area contributed by atoms with Gasteiger partial charge < -0.3 is 25.2 Å². The third-order valence-corrected chi connectivity index (χ3v) is 6.86. The fourth-order valence-corrected chi connectivity index (χ4v) is 4.53. The SMILES string of the molecule is O=C(Nc1cc(F)c(F)c(F)c1)c1nc(N2CCN(c3ncccc3C(F)(F)F)CC2)[nH]c1-c1ccc(C(F)(F)F)cc1.O=C(O)C(F)(F)F. The van der Waals surface area contributed by atoms with Gasteiger partial charge >= 0.3 is 24.5 Å². The van der Waals surface area contributed by atoms with Gasteiger partial charge in [0.2, 0.25) is 5.95 Å². The predicted octanol–water partition coefficient (Wildman–Crippen LogP) is 7.14. The first kappa shape index (κ1) is 37.3. The summed E-state index contributed by atoms with van der Waals surface area (Å²) in [6.07, 6.45) is -13.1. The summed E-state index contributed by atoms with van der Waals surface area (Å²) in [5, 5.41) is 9.31. The van der Waals surface area contributed by atoms with E-state index in [1.54, 1.807) is 4.90 Å². The molecule has 2 aromatic carbocycles. The van der Waals surface area contributed by atoms with Crippen molar-refractivity contribution in [3.05, 3.63) is 89.0 Å². The van der Waals surface area contributed by atoms with Crippen LogP contribution in [-0.2, 0) is 17.1 Å². The zero-order chi connectivity index (χ0) is 37.2. The monoisotopic (exact) mass is 728 g/mol. The minimum absolute atomic E-state index is 0.0456. The second-order valence-corrected chi connectivity index (χ2v) is 10.2. The Morgan fingerprint density at radius 1 is 0.800 bits per heavy atom. The number of rotatable bonds is 5. The highest BCUT2D eigenvalue weighted by atomic mass is 19.4. The molecule has 3 N–H and O–H groups in total. The molecule has 0 unspecified atom stereocenters. The number of hydrogen-bond acceptors (Lipinski definition) is 6. The van der Waals surface area contributed by atoms with Crippen LogP contribution in [0.15, 0.2) is 54.7 Å². The maximum absolute atomic E-state index is 13.7. The smallest absolute Gasteiger partial charge is 0.475 e. The van der Waals surface area contributed by atoms with Gasteiger partial charge in [0.05, 0.1) is 16.8 Å². The van der Waals surface area contributed by atoms with Gasteiger partial charge in [0, 0.05) is 55.8 Å². The van der Waals surface area contributed by atoms with Crippen molar-refractivity contribution in [3.63, 3.8) is 0 Å². The second-order valence-electron chi connectivity index (χ2n) is 10.2. The van der Waals surface area contributed by atoms with Crippen LogP contribution in [0.2, 0.25) is 0 Å². The normalized spacial score (nSPS) is 13.8. The van der Waals surface area contributed by atoms with E-state index in [1.807, 2.05) is 0 Å². The number of H-pyrrole nitrogens is 1. The number of imidazole rings is 1. The van der Waals surface area contributed by atoms with Crippen LogP contribution in [0, 0.1) is 17.5 Å². The number of aromatic nitrogens is 3. The number of nitrogens with zero attached hydrogens (tertiary/aromatic N) is 4. The van der Waals surface area contributed by atoms with E-state index in [0.29, 0.717) is 12.1 Å². The summed E-state index contributed by atoms with van der Waals surface area (Å²) in [7, 11) is 0. The first-order valence-electron chi connectivity index (χ1n) is 13.7. The summed E-state index contributed by atoms with van der Waals surface area (Å²) >= 11 is 0. The molecular weight excluding hydrogens is 708 g/mol. The molecule has 0 radical (unpaired) electrons. The summed E-state index contributed by atoms with van der Waals surface area (Å²) in [5.41, 5.74) is -2.62. The number of halogens is 12. The average Bonchev–Trinajstić information content (AvgIpc) is 3.49. The predicted molar refractivity (Wildman–Crippen MR) is 151 cm³/mol. The number of amides is 1. The highest BCUT2D eigenvalue weighted by molar-refractivity contribution is 6.07. The Hall–Kier alpha value is -5.50. The number of aromatic amines is 1. The maximum atomic E-state index is 13.7. The zero-order valence-electron chi connectivity index (χ0n) is 24.6. The first-order valence-corrected chi connectivity index (χ1v) is 13.7. The Morgan fingerprint density at radius 3 is 1.84 bits per heavy atom. The van der Waals surface area contributed by atoms with E-state index < -0.39 is 64.7 Å². The number of carboxylic acids is 1. The summed E-state index contributed by atoms with van der Waals surface area (Å²) in [6, 6.07) is 6.91. The molecule has 1 amide bonds. The Kier molecular flexibility index (Phi) is 10.6. The van der Waals surface area contributed by atoms with Crippen LogP contribution in [0.1, 0.15) is 21.6 Å². The molecule has 9 nitrogen and oxygen atoms in total. The molecule has 50 heavy (non-hydrogen) atoms. The fourth-order valence-electron chi connectivity index (χ4n) is 4.53. The van der Waals surface area contributed by atoms with E-state index in [9.17, 15) is 57.5 Å². The van der Waals surface area contributed by atoms with Crippen molar-refractivity contribution in [1.29, 1.82) is 0 Å². The lowest BCUT2D eigenvalue weighted by molar-refractivity contribution is -0.192. The number of anilines is 3. The van der Waals surface area contributed by atoms with Crippen LogP contribution in [0.4, 0.5) is 70.1 Å². The maximum Gasteiger partial charge on any atom is 0.490 e. The number of alkyl halides is 9. The summed E-state index contributed by atoms with van der Waals surface area (Å²) in [4.78, 5) is 36.1. The Balaban J connectivity index is 0.000000727. The molecule has 21 heteroatoms. The minimum Gasteiger partial charge on any atom is -0.475 e. The van der Waals surface area contributed by atoms with Gasteiger partial charge in [0.25, 0.3) is 5.91 Å². The van der Waals surface area contributed by atoms with Gasteiger partial charge in [-0.3, -0.25) is 4.79 Å². The standard InChI is InChI=1S/C27H19F9N6O.C2HF3O2/c28-18-12-16(13-19(29)20(18)30)38-24(43)22-21(14-3-5-15(6-4-14)26(31,32)33)39-25(40-22)42-10-8-41(9-11-42)23-17(27(34,35)36)2-1-7-37-23;3-2(4,5)1(6)7/h1-7,12-13H,8-11H2,(H,38,43)(H,39,40);(H,6,7). The molecule has 268 valence electrons. The lowest BCUT2D eigenvalue weighted by Gasteiger charge is -2.36. The minimum atomic E-state index is -5.08. The average molecular weight is 728 g/mol. The highest BCUT2D eigenvalue weighted by Crippen LogP contribution is 2.36. The van der Waals surface area contributed by atoms with E-state index in [1.165, 1.54) is 17.2 Å². The van der Waals surface area contributed by atoms with Crippen molar-refractivity contribution in [2.24, 2.45) is 0 Å². The zero-order valence-corrected chi connectivity index (χ0v) is 24.6. The number of carbonyl (C=O) groups excluding carboxylic acids is 1. The third-order valence-electron chi connectivity index (χ3n) is 6.86. The number of piperazine rings is 1. The van der Waals surface area contributed by atoms with Gasteiger partial charge in [-0.05, 0) is 24.3 Å². The molecule has 2 aromatic heterocycles. The molecule has 1 saturated heterocycles. The number of carboxylic acid groups (broad SMARTS) is 1. The lowest BCUT2D eigenvalue weighted by atomic mass is 10.1. The molecule has 0 saturated carbocycles. The summed E-state index contributed by atoms with van der Waals surface area (Å²) in [5.74, 6) is -8.86. The number of aliphatic carboxylic acids is 1. The number of nitrogens with one attached hydrogen (secondary N) is 2. The van der Waals surface area contributed by atoms with Crippen molar-refractivity contribution >= 4 is 29.3 Å². The largest absolute Gasteiger partial charge is 0.490 e. The highest BCUT2D eigenvalue weighted by Gasteiger charge is 2.38. The van der Waals surface area contributed by atoms with Crippen molar-refractivity contribution < 1.29 is 67.4 Å². The van der Waals surface area contributed by atoms with E-state index >= 15 is 0 Å². The molecule has 5 rings (SSSR count). The van der Waals surface area contributed by atoms with Gasteiger partial charge in [0.15, 0.2) is 23.1 Å².